The van der Waals surface area contributed by atoms with Gasteiger partial charge in [-0.2, -0.15) is 5.10 Å². The van der Waals surface area contributed by atoms with Gasteiger partial charge >= 0.3 is 0 Å². The third kappa shape index (κ3) is 3.40. The average Bonchev–Trinajstić information content (AvgIpc) is 3.43. The number of carbonyl (C=O) groups is 1. The number of aromatic nitrogens is 2. The molecule has 2 aliphatic rings. The Balaban J connectivity index is 1.49. The van der Waals surface area contributed by atoms with E-state index in [1.807, 2.05) is 30.3 Å². The highest BCUT2D eigenvalue weighted by molar-refractivity contribution is 5.94. The zero-order chi connectivity index (χ0) is 20.6. The van der Waals surface area contributed by atoms with Crippen molar-refractivity contribution in [3.63, 3.8) is 0 Å². The summed E-state index contributed by atoms with van der Waals surface area (Å²) in [6, 6.07) is 17.5. The molecule has 0 radical (unpaired) electrons. The molecule has 1 aromatic heterocycles. The Hall–Kier alpha value is -3.03. The molecule has 2 aliphatic heterocycles. The van der Waals surface area contributed by atoms with Crippen molar-refractivity contribution in [1.82, 2.24) is 14.7 Å². The standard InChI is InChI=1S/C23H22FN3O3/c24-19-9-5-4-8-18(19)20-16-21(27(25-20)17-6-2-1-3-7-17)22(28)26-12-10-23(11-13-26)29-14-15-30-23/h1-9,16H,10-15H2. The van der Waals surface area contributed by atoms with Crippen molar-refractivity contribution in [2.24, 2.45) is 0 Å². The summed E-state index contributed by atoms with van der Waals surface area (Å²) >= 11 is 0. The van der Waals surface area contributed by atoms with Crippen molar-refractivity contribution < 1.29 is 18.7 Å². The van der Waals surface area contributed by atoms with Crippen molar-refractivity contribution >= 4 is 5.91 Å². The molecule has 2 saturated heterocycles. The first-order valence-corrected chi connectivity index (χ1v) is 10.1. The summed E-state index contributed by atoms with van der Waals surface area (Å²) in [5.74, 6) is -1.05. The highest BCUT2D eigenvalue weighted by Gasteiger charge is 2.41. The topological polar surface area (TPSA) is 56.6 Å². The molecule has 0 bridgehead atoms. The van der Waals surface area contributed by atoms with E-state index in [1.54, 1.807) is 33.8 Å². The molecule has 0 atom stereocenters. The fourth-order valence-electron chi connectivity index (χ4n) is 4.10. The van der Waals surface area contributed by atoms with E-state index in [9.17, 15) is 9.18 Å². The maximum absolute atomic E-state index is 14.4. The molecule has 1 spiro atoms. The Morgan fingerprint density at radius 2 is 1.63 bits per heavy atom. The monoisotopic (exact) mass is 407 g/mol. The summed E-state index contributed by atoms with van der Waals surface area (Å²) in [6.45, 7) is 2.27. The Bertz CT molecular complexity index is 1050. The molecule has 5 rings (SSSR count). The lowest BCUT2D eigenvalue weighted by atomic mass is 10.0. The number of piperidine rings is 1. The molecule has 0 aliphatic carbocycles. The number of halogens is 1. The van der Waals surface area contributed by atoms with Crippen LogP contribution in [0.15, 0.2) is 60.7 Å². The van der Waals surface area contributed by atoms with Crippen LogP contribution in [0.2, 0.25) is 0 Å². The van der Waals surface area contributed by atoms with E-state index >= 15 is 0 Å². The predicted octanol–water partition coefficient (Wildman–Crippen LogP) is 3.66. The van der Waals surface area contributed by atoms with Gasteiger partial charge in [-0.1, -0.05) is 30.3 Å². The van der Waals surface area contributed by atoms with Crippen LogP contribution >= 0.6 is 0 Å². The summed E-state index contributed by atoms with van der Waals surface area (Å²) in [6.07, 6.45) is 1.27. The normalized spacial score (nSPS) is 18.1. The second-order valence-corrected chi connectivity index (χ2v) is 7.54. The fraction of sp³-hybridized carbons (Fsp3) is 0.304. The van der Waals surface area contributed by atoms with E-state index in [0.717, 1.165) is 5.69 Å². The second-order valence-electron chi connectivity index (χ2n) is 7.54. The van der Waals surface area contributed by atoms with Crippen LogP contribution in [0, 0.1) is 5.82 Å². The number of rotatable bonds is 3. The van der Waals surface area contributed by atoms with Crippen LogP contribution in [0.1, 0.15) is 23.3 Å². The van der Waals surface area contributed by atoms with Gasteiger partial charge in [-0.15, -0.1) is 0 Å². The molecule has 7 heteroatoms. The Morgan fingerprint density at radius 3 is 2.33 bits per heavy atom. The van der Waals surface area contributed by atoms with Gasteiger partial charge in [0.2, 0.25) is 0 Å². The summed E-state index contributed by atoms with van der Waals surface area (Å²) in [4.78, 5) is 15.2. The predicted molar refractivity (Wildman–Crippen MR) is 109 cm³/mol. The summed E-state index contributed by atoms with van der Waals surface area (Å²) in [5, 5.41) is 4.58. The van der Waals surface area contributed by atoms with E-state index < -0.39 is 5.79 Å². The molecule has 1 amide bonds. The highest BCUT2D eigenvalue weighted by Crippen LogP contribution is 2.32. The van der Waals surface area contributed by atoms with Gasteiger partial charge < -0.3 is 14.4 Å². The first kappa shape index (κ1) is 19.0. The molecule has 0 saturated carbocycles. The minimum Gasteiger partial charge on any atom is -0.347 e. The van der Waals surface area contributed by atoms with Crippen molar-refractivity contribution in [3.05, 3.63) is 72.2 Å². The van der Waals surface area contributed by atoms with Crippen LogP contribution in [-0.2, 0) is 9.47 Å². The number of nitrogens with zero attached hydrogens (tertiary/aromatic N) is 3. The highest BCUT2D eigenvalue weighted by atomic mass is 19.1. The van der Waals surface area contributed by atoms with Gasteiger partial charge in [-0.3, -0.25) is 4.79 Å². The quantitative estimate of drug-likeness (QED) is 0.665. The van der Waals surface area contributed by atoms with Gasteiger partial charge in [0.25, 0.3) is 5.91 Å². The molecule has 3 aromatic rings. The molecular weight excluding hydrogens is 385 g/mol. The zero-order valence-corrected chi connectivity index (χ0v) is 16.5. The summed E-state index contributed by atoms with van der Waals surface area (Å²) in [5.41, 5.74) is 1.95. The van der Waals surface area contributed by atoms with Crippen LogP contribution in [0.4, 0.5) is 4.39 Å². The fourth-order valence-corrected chi connectivity index (χ4v) is 4.10. The minimum absolute atomic E-state index is 0.137. The van der Waals surface area contributed by atoms with Gasteiger partial charge in [-0.25, -0.2) is 9.07 Å². The number of hydrogen-bond donors (Lipinski definition) is 0. The molecule has 0 unspecified atom stereocenters. The summed E-state index contributed by atoms with van der Waals surface area (Å²) in [7, 11) is 0. The van der Waals surface area contributed by atoms with Gasteiger partial charge in [-0.05, 0) is 30.3 Å². The molecule has 6 nitrogen and oxygen atoms in total. The molecular formula is C23H22FN3O3. The number of likely N-dealkylation sites (tertiary alicyclic amines) is 1. The maximum Gasteiger partial charge on any atom is 0.272 e. The SMILES string of the molecule is O=C(c1cc(-c2ccccc2F)nn1-c1ccccc1)N1CCC2(CC1)OCCO2. The molecule has 0 N–H and O–H groups in total. The molecule has 2 aromatic carbocycles. The lowest BCUT2D eigenvalue weighted by Crippen LogP contribution is -2.47. The van der Waals surface area contributed by atoms with Crippen molar-refractivity contribution in [3.8, 4) is 16.9 Å². The molecule has 3 heterocycles. The van der Waals surface area contributed by atoms with E-state index in [4.69, 9.17) is 9.47 Å². The van der Waals surface area contributed by atoms with Crippen molar-refractivity contribution in [2.45, 2.75) is 18.6 Å². The third-order valence-electron chi connectivity index (χ3n) is 5.71. The number of para-hydroxylation sites is 1. The largest absolute Gasteiger partial charge is 0.347 e. The Labute approximate surface area is 173 Å². The van der Waals surface area contributed by atoms with Crippen LogP contribution in [-0.4, -0.2) is 52.7 Å². The van der Waals surface area contributed by atoms with E-state index in [-0.39, 0.29) is 11.7 Å². The first-order chi connectivity index (χ1) is 14.7. The van der Waals surface area contributed by atoms with Gasteiger partial charge in [0, 0.05) is 31.5 Å². The molecule has 154 valence electrons. The lowest BCUT2D eigenvalue weighted by Gasteiger charge is -2.37. The number of hydrogen-bond acceptors (Lipinski definition) is 4. The maximum atomic E-state index is 14.4. The molecule has 30 heavy (non-hydrogen) atoms. The van der Waals surface area contributed by atoms with Gasteiger partial charge in [0.15, 0.2) is 5.79 Å². The van der Waals surface area contributed by atoms with E-state index in [1.165, 1.54) is 6.07 Å². The van der Waals surface area contributed by atoms with E-state index in [0.29, 0.717) is 56.1 Å². The number of ether oxygens (including phenoxy) is 2. The Morgan fingerprint density at radius 1 is 0.967 bits per heavy atom. The Kier molecular flexibility index (Phi) is 4.84. The number of benzene rings is 2. The third-order valence-corrected chi connectivity index (χ3v) is 5.71. The van der Waals surface area contributed by atoms with Gasteiger partial charge in [0.1, 0.15) is 11.5 Å². The van der Waals surface area contributed by atoms with Crippen molar-refractivity contribution in [1.29, 1.82) is 0 Å². The van der Waals surface area contributed by atoms with Gasteiger partial charge in [0.05, 0.1) is 24.6 Å². The van der Waals surface area contributed by atoms with Crippen LogP contribution in [0.25, 0.3) is 16.9 Å². The first-order valence-electron chi connectivity index (χ1n) is 10.1. The van der Waals surface area contributed by atoms with Crippen LogP contribution in [0.3, 0.4) is 0 Å². The van der Waals surface area contributed by atoms with Crippen LogP contribution in [0.5, 0.6) is 0 Å². The van der Waals surface area contributed by atoms with Crippen LogP contribution < -0.4 is 0 Å². The smallest absolute Gasteiger partial charge is 0.272 e. The summed E-state index contributed by atoms with van der Waals surface area (Å²) < 4.78 is 27.5. The average molecular weight is 407 g/mol. The zero-order valence-electron chi connectivity index (χ0n) is 16.5. The van der Waals surface area contributed by atoms with Crippen molar-refractivity contribution in [2.75, 3.05) is 26.3 Å². The van der Waals surface area contributed by atoms with E-state index in [2.05, 4.69) is 5.10 Å². The second kappa shape index (κ2) is 7.66. The number of amides is 1. The number of carbonyl (C=O) groups excluding carboxylic acids is 1. The minimum atomic E-state index is -0.547. The molecule has 2 fully saturated rings. The lowest BCUT2D eigenvalue weighted by molar-refractivity contribution is -0.181.